The summed E-state index contributed by atoms with van der Waals surface area (Å²) in [6, 6.07) is 11.1. The van der Waals surface area contributed by atoms with E-state index in [-0.39, 0.29) is 24.0 Å². The summed E-state index contributed by atoms with van der Waals surface area (Å²) < 4.78 is 33.4. The van der Waals surface area contributed by atoms with Crippen LogP contribution in [0.25, 0.3) is 0 Å². The Hall–Kier alpha value is -1.90. The molecule has 3 rings (SSSR count). The molecule has 1 fully saturated rings. The van der Waals surface area contributed by atoms with Crippen molar-refractivity contribution in [2.45, 2.75) is 62.1 Å². The molecule has 0 spiro atoms. The molecular formula is C23H32N2O4S2. The predicted octanol–water partition coefficient (Wildman–Crippen LogP) is 4.17. The van der Waals surface area contributed by atoms with Gasteiger partial charge in [-0.25, -0.2) is 8.42 Å². The highest BCUT2D eigenvalue weighted by molar-refractivity contribution is 7.91. The second-order valence-corrected chi connectivity index (χ2v) is 12.0. The van der Waals surface area contributed by atoms with Gasteiger partial charge in [0.25, 0.3) is 15.9 Å². The number of thiophene rings is 1. The van der Waals surface area contributed by atoms with Crippen LogP contribution in [0.5, 0.6) is 5.75 Å². The molecule has 1 aliphatic heterocycles. The lowest BCUT2D eigenvalue weighted by molar-refractivity contribution is -0.123. The number of nitrogens with zero attached hydrogens (tertiary/aromatic N) is 1. The van der Waals surface area contributed by atoms with Crippen LogP contribution in [0.2, 0.25) is 0 Å². The molecule has 170 valence electrons. The third-order valence-corrected chi connectivity index (χ3v) is 8.85. The molecule has 1 aromatic heterocycles. The second kappa shape index (κ2) is 10.1. The van der Waals surface area contributed by atoms with Crippen molar-refractivity contribution in [1.29, 1.82) is 0 Å². The third kappa shape index (κ3) is 6.30. The standard InChI is InChI=1S/C23H32N2O4S2/c1-23(2,3)18-9-11-20(12-10-18)29-17-21(26)24-14-13-19-7-4-5-15-25(19)31(27,28)22-8-6-16-30-22/h6,8-12,16,19H,4-5,7,13-15,17H2,1-3H3,(H,24,26). The number of rotatable bonds is 8. The van der Waals surface area contributed by atoms with Crippen LogP contribution in [-0.2, 0) is 20.2 Å². The number of benzene rings is 1. The van der Waals surface area contributed by atoms with E-state index in [0.29, 0.717) is 29.5 Å². The molecule has 0 saturated carbocycles. The van der Waals surface area contributed by atoms with Gasteiger partial charge in [-0.05, 0) is 53.8 Å². The highest BCUT2D eigenvalue weighted by Gasteiger charge is 2.33. The summed E-state index contributed by atoms with van der Waals surface area (Å²) in [6.45, 7) is 7.34. The van der Waals surface area contributed by atoms with E-state index in [2.05, 4.69) is 26.1 Å². The largest absolute Gasteiger partial charge is 0.484 e. The van der Waals surface area contributed by atoms with Gasteiger partial charge in [0.2, 0.25) is 0 Å². The fourth-order valence-corrected chi connectivity index (χ4v) is 6.58. The third-order valence-electron chi connectivity index (χ3n) is 5.52. The molecule has 1 saturated heterocycles. The van der Waals surface area contributed by atoms with Crippen LogP contribution in [-0.4, -0.2) is 44.4 Å². The molecule has 31 heavy (non-hydrogen) atoms. The molecule has 0 bridgehead atoms. The van der Waals surface area contributed by atoms with Crippen LogP contribution in [0.15, 0.2) is 46.0 Å². The van der Waals surface area contributed by atoms with E-state index in [1.807, 2.05) is 24.3 Å². The zero-order valence-corrected chi connectivity index (χ0v) is 20.1. The molecule has 2 aromatic rings. The molecule has 1 atom stereocenters. The first kappa shape index (κ1) is 23.8. The number of amides is 1. The minimum absolute atomic E-state index is 0.0588. The lowest BCUT2D eigenvalue weighted by Gasteiger charge is -2.34. The Morgan fingerprint density at radius 2 is 1.94 bits per heavy atom. The van der Waals surface area contributed by atoms with Crippen LogP contribution in [0.1, 0.15) is 52.0 Å². The van der Waals surface area contributed by atoms with Crippen LogP contribution >= 0.6 is 11.3 Å². The van der Waals surface area contributed by atoms with Crippen LogP contribution < -0.4 is 10.1 Å². The van der Waals surface area contributed by atoms with Crippen molar-refractivity contribution in [3.8, 4) is 5.75 Å². The van der Waals surface area contributed by atoms with Crippen molar-refractivity contribution >= 4 is 27.3 Å². The summed E-state index contributed by atoms with van der Waals surface area (Å²) in [7, 11) is -3.46. The Morgan fingerprint density at radius 3 is 2.58 bits per heavy atom. The Morgan fingerprint density at radius 1 is 1.19 bits per heavy atom. The molecule has 1 unspecified atom stereocenters. The van der Waals surface area contributed by atoms with Gasteiger partial charge in [0, 0.05) is 19.1 Å². The lowest BCUT2D eigenvalue weighted by Crippen LogP contribution is -2.45. The molecule has 0 aliphatic carbocycles. The maximum Gasteiger partial charge on any atom is 0.257 e. The van der Waals surface area contributed by atoms with E-state index in [4.69, 9.17) is 4.74 Å². The second-order valence-electron chi connectivity index (χ2n) is 8.90. The Labute approximate surface area is 189 Å². The number of carbonyl (C=O) groups excluding carboxylic acids is 1. The first-order chi connectivity index (χ1) is 14.7. The van der Waals surface area contributed by atoms with E-state index in [1.165, 1.54) is 16.9 Å². The number of ether oxygens (including phenoxy) is 1. The highest BCUT2D eigenvalue weighted by Crippen LogP contribution is 2.29. The van der Waals surface area contributed by atoms with Gasteiger partial charge in [-0.15, -0.1) is 11.3 Å². The van der Waals surface area contributed by atoms with E-state index >= 15 is 0 Å². The minimum Gasteiger partial charge on any atom is -0.484 e. The summed E-state index contributed by atoms with van der Waals surface area (Å²) in [5.41, 5.74) is 1.28. The summed E-state index contributed by atoms with van der Waals surface area (Å²) in [5.74, 6) is 0.451. The van der Waals surface area contributed by atoms with Crippen molar-refractivity contribution in [2.24, 2.45) is 0 Å². The summed E-state index contributed by atoms with van der Waals surface area (Å²) in [5, 5.41) is 4.64. The topological polar surface area (TPSA) is 75.7 Å². The number of hydrogen-bond donors (Lipinski definition) is 1. The number of hydrogen-bond acceptors (Lipinski definition) is 5. The minimum atomic E-state index is -3.46. The van der Waals surface area contributed by atoms with Gasteiger partial charge < -0.3 is 10.1 Å². The Bertz CT molecular complexity index is 948. The van der Waals surface area contributed by atoms with Crippen molar-refractivity contribution < 1.29 is 17.9 Å². The fraction of sp³-hybridized carbons (Fsp3) is 0.522. The van der Waals surface area contributed by atoms with Gasteiger partial charge in [-0.3, -0.25) is 4.79 Å². The van der Waals surface area contributed by atoms with E-state index < -0.39 is 10.0 Å². The fourth-order valence-electron chi connectivity index (χ4n) is 3.73. The SMILES string of the molecule is CC(C)(C)c1ccc(OCC(=O)NCCC2CCCCN2S(=O)(=O)c2cccs2)cc1. The zero-order chi connectivity index (χ0) is 22.5. The molecular weight excluding hydrogens is 432 g/mol. The number of nitrogens with one attached hydrogen (secondary N) is 1. The van der Waals surface area contributed by atoms with Gasteiger partial charge in [0.05, 0.1) is 0 Å². The van der Waals surface area contributed by atoms with Crippen molar-refractivity contribution in [1.82, 2.24) is 9.62 Å². The van der Waals surface area contributed by atoms with Crippen LogP contribution in [0.4, 0.5) is 0 Å². The van der Waals surface area contributed by atoms with Gasteiger partial charge in [-0.2, -0.15) is 4.31 Å². The Kier molecular flexibility index (Phi) is 7.78. The first-order valence-electron chi connectivity index (χ1n) is 10.7. The molecule has 1 aromatic carbocycles. The highest BCUT2D eigenvalue weighted by atomic mass is 32.2. The lowest BCUT2D eigenvalue weighted by atomic mass is 9.87. The van der Waals surface area contributed by atoms with Crippen molar-refractivity contribution in [2.75, 3.05) is 19.7 Å². The summed E-state index contributed by atoms with van der Waals surface area (Å²) >= 11 is 1.24. The van der Waals surface area contributed by atoms with Gasteiger partial charge >= 0.3 is 0 Å². The van der Waals surface area contributed by atoms with Crippen LogP contribution in [0, 0.1) is 0 Å². The quantitative estimate of drug-likeness (QED) is 0.636. The normalized spacial score (nSPS) is 18.0. The summed E-state index contributed by atoms with van der Waals surface area (Å²) in [4.78, 5) is 12.2. The van der Waals surface area contributed by atoms with E-state index in [0.717, 1.165) is 19.3 Å². The number of piperidine rings is 1. The molecule has 6 nitrogen and oxygen atoms in total. The molecule has 1 N–H and O–H groups in total. The zero-order valence-electron chi connectivity index (χ0n) is 18.5. The average molecular weight is 465 g/mol. The smallest absolute Gasteiger partial charge is 0.257 e. The van der Waals surface area contributed by atoms with E-state index in [9.17, 15) is 13.2 Å². The van der Waals surface area contributed by atoms with Crippen molar-refractivity contribution in [3.63, 3.8) is 0 Å². The predicted molar refractivity (Wildman–Crippen MR) is 124 cm³/mol. The number of sulfonamides is 1. The number of carbonyl (C=O) groups is 1. The molecule has 0 radical (unpaired) electrons. The van der Waals surface area contributed by atoms with Gasteiger partial charge in [0.15, 0.2) is 6.61 Å². The Balaban J connectivity index is 1.47. The molecule has 1 aliphatic rings. The first-order valence-corrected chi connectivity index (χ1v) is 13.1. The monoisotopic (exact) mass is 464 g/mol. The maximum absolute atomic E-state index is 12.9. The molecule has 8 heteroatoms. The average Bonchev–Trinajstić information content (AvgIpc) is 3.28. The van der Waals surface area contributed by atoms with Gasteiger partial charge in [-0.1, -0.05) is 45.4 Å². The summed E-state index contributed by atoms with van der Waals surface area (Å²) in [6.07, 6.45) is 3.28. The van der Waals surface area contributed by atoms with Crippen molar-refractivity contribution in [3.05, 3.63) is 47.3 Å². The molecule has 2 heterocycles. The van der Waals surface area contributed by atoms with E-state index in [1.54, 1.807) is 21.8 Å². The molecule has 1 amide bonds. The van der Waals surface area contributed by atoms with Crippen LogP contribution in [0.3, 0.4) is 0 Å². The van der Waals surface area contributed by atoms with Gasteiger partial charge in [0.1, 0.15) is 9.96 Å². The maximum atomic E-state index is 12.9.